The van der Waals surface area contributed by atoms with Crippen molar-refractivity contribution in [3.8, 4) is 0 Å². The molecule has 2 N–H and O–H groups in total. The van der Waals surface area contributed by atoms with Crippen LogP contribution in [0.25, 0.3) is 0 Å². The molecule has 1 aliphatic carbocycles. The van der Waals surface area contributed by atoms with Crippen molar-refractivity contribution in [3.05, 3.63) is 0 Å². The van der Waals surface area contributed by atoms with Crippen LogP contribution in [0.1, 0.15) is 44.9 Å². The van der Waals surface area contributed by atoms with Gasteiger partial charge in [0, 0.05) is 12.6 Å². The van der Waals surface area contributed by atoms with Crippen LogP contribution in [-0.2, 0) is 9.53 Å². The summed E-state index contributed by atoms with van der Waals surface area (Å²) in [7, 11) is 0. The number of ether oxygens (including phenoxy) is 1. The van der Waals surface area contributed by atoms with E-state index in [0.717, 1.165) is 19.4 Å². The van der Waals surface area contributed by atoms with Gasteiger partial charge in [0.05, 0.1) is 13.2 Å². The summed E-state index contributed by atoms with van der Waals surface area (Å²) in [6, 6.07) is 0.237. The zero-order valence-electron chi connectivity index (χ0n) is 10.5. The lowest BCUT2D eigenvalue weighted by molar-refractivity contribution is -0.126. The van der Waals surface area contributed by atoms with E-state index in [0.29, 0.717) is 19.3 Å². The van der Waals surface area contributed by atoms with Crippen LogP contribution in [0.2, 0.25) is 0 Å². The molecule has 2 fully saturated rings. The van der Waals surface area contributed by atoms with E-state index in [1.807, 2.05) is 0 Å². The number of amides is 1. The second-order valence-corrected chi connectivity index (χ2v) is 5.13. The number of nitrogens with one attached hydrogen (secondary N) is 2. The molecule has 1 saturated heterocycles. The monoisotopic (exact) mass is 240 g/mol. The van der Waals surface area contributed by atoms with Gasteiger partial charge in [-0.1, -0.05) is 32.1 Å². The summed E-state index contributed by atoms with van der Waals surface area (Å²) in [5.74, 6) is 0.121. The average molecular weight is 240 g/mol. The second kappa shape index (κ2) is 6.97. The van der Waals surface area contributed by atoms with Crippen LogP contribution in [0.3, 0.4) is 0 Å². The average Bonchev–Trinajstić information content (AvgIpc) is 2.33. The number of carbonyl (C=O) groups excluding carboxylic acids is 1. The molecule has 1 unspecified atom stereocenters. The maximum absolute atomic E-state index is 12.0. The lowest BCUT2D eigenvalue weighted by Gasteiger charge is -2.27. The van der Waals surface area contributed by atoms with Gasteiger partial charge in [0.1, 0.15) is 6.04 Å². The van der Waals surface area contributed by atoms with Crippen LogP contribution in [0.4, 0.5) is 0 Å². The smallest absolute Gasteiger partial charge is 0.239 e. The third kappa shape index (κ3) is 4.28. The predicted octanol–water partition coefficient (Wildman–Crippen LogP) is 1.20. The Morgan fingerprint density at radius 3 is 2.47 bits per heavy atom. The van der Waals surface area contributed by atoms with Crippen LogP contribution >= 0.6 is 0 Å². The number of carbonyl (C=O) groups is 1. The van der Waals surface area contributed by atoms with Crippen molar-refractivity contribution in [2.24, 2.45) is 0 Å². The molecule has 4 heteroatoms. The highest BCUT2D eigenvalue weighted by Crippen LogP contribution is 2.17. The van der Waals surface area contributed by atoms with E-state index < -0.39 is 0 Å². The maximum Gasteiger partial charge on any atom is 0.239 e. The van der Waals surface area contributed by atoms with Crippen molar-refractivity contribution in [1.29, 1.82) is 0 Å². The Morgan fingerprint density at radius 1 is 1.12 bits per heavy atom. The molecule has 2 rings (SSSR count). The van der Waals surface area contributed by atoms with Crippen LogP contribution in [0, 0.1) is 0 Å². The minimum Gasteiger partial charge on any atom is -0.378 e. The van der Waals surface area contributed by atoms with Gasteiger partial charge in [0.2, 0.25) is 5.91 Å². The summed E-state index contributed by atoms with van der Waals surface area (Å²) >= 11 is 0. The first-order valence-corrected chi connectivity index (χ1v) is 6.98. The second-order valence-electron chi connectivity index (χ2n) is 5.13. The first kappa shape index (κ1) is 12.8. The van der Waals surface area contributed by atoms with Gasteiger partial charge >= 0.3 is 0 Å². The SMILES string of the molecule is O=C(NC1CCCCCCC1)C1COCCN1. The summed E-state index contributed by atoms with van der Waals surface area (Å²) in [6.07, 6.45) is 8.77. The van der Waals surface area contributed by atoms with E-state index >= 15 is 0 Å². The summed E-state index contributed by atoms with van der Waals surface area (Å²) in [4.78, 5) is 12.0. The fourth-order valence-corrected chi connectivity index (χ4v) is 2.64. The topological polar surface area (TPSA) is 50.4 Å². The Morgan fingerprint density at radius 2 is 1.82 bits per heavy atom. The maximum atomic E-state index is 12.0. The van der Waals surface area contributed by atoms with Gasteiger partial charge in [0.15, 0.2) is 0 Å². The number of morpholine rings is 1. The summed E-state index contributed by atoms with van der Waals surface area (Å²) in [5.41, 5.74) is 0. The Labute approximate surface area is 103 Å². The van der Waals surface area contributed by atoms with Gasteiger partial charge in [-0.15, -0.1) is 0 Å². The van der Waals surface area contributed by atoms with Crippen molar-refractivity contribution in [2.75, 3.05) is 19.8 Å². The molecule has 0 aromatic carbocycles. The Bertz CT molecular complexity index is 232. The van der Waals surface area contributed by atoms with E-state index in [9.17, 15) is 4.79 Å². The lowest BCUT2D eigenvalue weighted by Crippen LogP contribution is -2.53. The number of hydrogen-bond donors (Lipinski definition) is 2. The highest BCUT2D eigenvalue weighted by Gasteiger charge is 2.23. The van der Waals surface area contributed by atoms with Crippen molar-refractivity contribution in [1.82, 2.24) is 10.6 Å². The largest absolute Gasteiger partial charge is 0.378 e. The summed E-state index contributed by atoms with van der Waals surface area (Å²) in [5, 5.41) is 6.37. The number of rotatable bonds is 2. The molecule has 1 heterocycles. The van der Waals surface area contributed by atoms with Gasteiger partial charge in [0.25, 0.3) is 0 Å². The molecule has 0 aromatic heterocycles. The Hall–Kier alpha value is -0.610. The molecule has 1 atom stereocenters. The molecule has 0 radical (unpaired) electrons. The predicted molar refractivity (Wildman–Crippen MR) is 66.9 cm³/mol. The van der Waals surface area contributed by atoms with Crippen molar-refractivity contribution in [3.63, 3.8) is 0 Å². The zero-order chi connectivity index (χ0) is 11.9. The minimum atomic E-state index is -0.144. The zero-order valence-corrected chi connectivity index (χ0v) is 10.5. The van der Waals surface area contributed by atoms with Crippen LogP contribution in [-0.4, -0.2) is 37.7 Å². The molecule has 4 nitrogen and oxygen atoms in total. The quantitative estimate of drug-likeness (QED) is 0.762. The van der Waals surface area contributed by atoms with E-state index in [1.54, 1.807) is 0 Å². The first-order chi connectivity index (χ1) is 8.36. The van der Waals surface area contributed by atoms with Gasteiger partial charge in [-0.05, 0) is 12.8 Å². The van der Waals surface area contributed by atoms with Gasteiger partial charge < -0.3 is 15.4 Å². The van der Waals surface area contributed by atoms with Crippen LogP contribution in [0.15, 0.2) is 0 Å². The normalized spacial score (nSPS) is 28.1. The number of hydrogen-bond acceptors (Lipinski definition) is 3. The van der Waals surface area contributed by atoms with Crippen LogP contribution < -0.4 is 10.6 Å². The first-order valence-electron chi connectivity index (χ1n) is 6.98. The van der Waals surface area contributed by atoms with Crippen LogP contribution in [0.5, 0.6) is 0 Å². The van der Waals surface area contributed by atoms with Gasteiger partial charge in [-0.3, -0.25) is 4.79 Å². The Balaban J connectivity index is 1.75. The third-order valence-electron chi connectivity index (χ3n) is 3.69. The van der Waals surface area contributed by atoms with E-state index in [4.69, 9.17) is 4.74 Å². The van der Waals surface area contributed by atoms with Crippen molar-refractivity contribution in [2.45, 2.75) is 57.0 Å². The highest BCUT2D eigenvalue weighted by molar-refractivity contribution is 5.82. The fourth-order valence-electron chi connectivity index (χ4n) is 2.64. The molecule has 17 heavy (non-hydrogen) atoms. The van der Waals surface area contributed by atoms with Gasteiger partial charge in [-0.25, -0.2) is 0 Å². The molecular formula is C13H24N2O2. The van der Waals surface area contributed by atoms with Crippen molar-refractivity contribution >= 4 is 5.91 Å². The van der Waals surface area contributed by atoms with Crippen molar-refractivity contribution < 1.29 is 9.53 Å². The molecular weight excluding hydrogens is 216 g/mol. The molecule has 1 amide bonds. The molecule has 2 aliphatic rings. The molecule has 0 spiro atoms. The summed E-state index contributed by atoms with van der Waals surface area (Å²) < 4.78 is 5.31. The Kier molecular flexibility index (Phi) is 5.26. The molecule has 0 aromatic rings. The van der Waals surface area contributed by atoms with Gasteiger partial charge in [-0.2, -0.15) is 0 Å². The molecule has 1 saturated carbocycles. The standard InChI is InChI=1S/C13H24N2O2/c16-13(12-10-17-9-8-14-12)15-11-6-4-2-1-3-5-7-11/h11-12,14H,1-10H2,(H,15,16). The molecule has 1 aliphatic heterocycles. The van der Waals surface area contributed by atoms with E-state index in [-0.39, 0.29) is 11.9 Å². The third-order valence-corrected chi connectivity index (χ3v) is 3.69. The van der Waals surface area contributed by atoms with E-state index in [1.165, 1.54) is 32.1 Å². The summed E-state index contributed by atoms with van der Waals surface area (Å²) in [6.45, 7) is 2.01. The molecule has 98 valence electrons. The fraction of sp³-hybridized carbons (Fsp3) is 0.923. The highest BCUT2D eigenvalue weighted by atomic mass is 16.5. The molecule has 0 bridgehead atoms. The minimum absolute atomic E-state index is 0.121. The van der Waals surface area contributed by atoms with E-state index in [2.05, 4.69) is 10.6 Å². The lowest BCUT2D eigenvalue weighted by atomic mass is 9.96.